The van der Waals surface area contributed by atoms with Gasteiger partial charge in [0.2, 0.25) is 5.91 Å². The van der Waals surface area contributed by atoms with Crippen LogP contribution in [0.4, 0.5) is 0 Å². The SMILES string of the molecule is NCCCC[C@H](NC(=O)C(O)CS)C(=O)O. The van der Waals surface area contributed by atoms with Crippen molar-refractivity contribution in [2.75, 3.05) is 12.3 Å². The molecule has 0 aromatic carbocycles. The van der Waals surface area contributed by atoms with E-state index in [4.69, 9.17) is 15.9 Å². The van der Waals surface area contributed by atoms with E-state index in [2.05, 4.69) is 17.9 Å². The van der Waals surface area contributed by atoms with Crippen LogP contribution in [0.5, 0.6) is 0 Å². The molecule has 1 unspecified atom stereocenters. The number of hydrogen-bond acceptors (Lipinski definition) is 5. The summed E-state index contributed by atoms with van der Waals surface area (Å²) >= 11 is 3.74. The number of nitrogens with two attached hydrogens (primary N) is 1. The summed E-state index contributed by atoms with van der Waals surface area (Å²) in [4.78, 5) is 22.0. The molecule has 0 aliphatic carbocycles. The van der Waals surface area contributed by atoms with Crippen molar-refractivity contribution in [2.24, 2.45) is 5.73 Å². The molecule has 6 nitrogen and oxygen atoms in total. The van der Waals surface area contributed by atoms with Crippen LogP contribution in [0.25, 0.3) is 0 Å². The van der Waals surface area contributed by atoms with Gasteiger partial charge in [0.1, 0.15) is 12.1 Å². The molecular weight excluding hydrogens is 232 g/mol. The predicted octanol–water partition coefficient (Wildman–Crippen LogP) is -1.02. The molecule has 7 heteroatoms. The molecule has 0 aliphatic rings. The lowest BCUT2D eigenvalue weighted by Crippen LogP contribution is -2.46. The number of aliphatic carboxylic acids is 1. The molecule has 0 radical (unpaired) electrons. The van der Waals surface area contributed by atoms with E-state index in [9.17, 15) is 9.59 Å². The number of hydrogen-bond donors (Lipinski definition) is 5. The Morgan fingerprint density at radius 1 is 1.38 bits per heavy atom. The van der Waals surface area contributed by atoms with Crippen LogP contribution in [0.2, 0.25) is 0 Å². The smallest absolute Gasteiger partial charge is 0.326 e. The Kier molecular flexibility index (Phi) is 7.96. The average molecular weight is 250 g/mol. The molecule has 1 amide bonds. The number of unbranched alkanes of at least 4 members (excludes halogenated alkanes) is 1. The Morgan fingerprint density at radius 3 is 2.44 bits per heavy atom. The standard InChI is InChI=1S/C9H18N2O4S/c10-4-2-1-3-6(9(14)15)11-8(13)7(12)5-16/h6-7,12,16H,1-5,10H2,(H,11,13)(H,14,15)/t6-,7?/m0/s1. The van der Waals surface area contributed by atoms with Gasteiger partial charge in [0.25, 0.3) is 0 Å². The molecular formula is C9H18N2O4S. The molecule has 0 spiro atoms. The molecule has 94 valence electrons. The van der Waals surface area contributed by atoms with Crippen molar-refractivity contribution in [1.29, 1.82) is 0 Å². The second kappa shape index (κ2) is 8.37. The monoisotopic (exact) mass is 250 g/mol. The van der Waals surface area contributed by atoms with Crippen LogP contribution in [-0.2, 0) is 9.59 Å². The van der Waals surface area contributed by atoms with Crippen molar-refractivity contribution in [1.82, 2.24) is 5.32 Å². The molecule has 2 atom stereocenters. The molecule has 0 heterocycles. The highest BCUT2D eigenvalue weighted by Gasteiger charge is 2.22. The summed E-state index contributed by atoms with van der Waals surface area (Å²) in [6, 6.07) is -0.978. The summed E-state index contributed by atoms with van der Waals surface area (Å²) in [5.74, 6) is -1.87. The van der Waals surface area contributed by atoms with E-state index in [0.717, 1.165) is 0 Å². The molecule has 0 aromatic rings. The van der Waals surface area contributed by atoms with Gasteiger partial charge >= 0.3 is 5.97 Å². The Labute approximate surface area is 99.6 Å². The van der Waals surface area contributed by atoms with Crippen molar-refractivity contribution in [3.8, 4) is 0 Å². The number of carbonyl (C=O) groups is 2. The highest BCUT2D eigenvalue weighted by atomic mass is 32.1. The first-order chi connectivity index (χ1) is 7.52. The van der Waals surface area contributed by atoms with Gasteiger partial charge in [-0.2, -0.15) is 12.6 Å². The van der Waals surface area contributed by atoms with E-state index < -0.39 is 24.0 Å². The minimum absolute atomic E-state index is 0.0407. The second-order valence-electron chi connectivity index (χ2n) is 3.38. The zero-order chi connectivity index (χ0) is 12.6. The molecule has 0 aliphatic heterocycles. The molecule has 0 aromatic heterocycles. The lowest BCUT2D eigenvalue weighted by atomic mass is 10.1. The Hall–Kier alpha value is -0.790. The van der Waals surface area contributed by atoms with Crippen molar-refractivity contribution in [2.45, 2.75) is 31.4 Å². The number of carboxylic acids is 1. The van der Waals surface area contributed by atoms with Crippen LogP contribution in [0.3, 0.4) is 0 Å². The summed E-state index contributed by atoms with van der Waals surface area (Å²) in [7, 11) is 0. The van der Waals surface area contributed by atoms with Gasteiger partial charge in [0, 0.05) is 5.75 Å². The largest absolute Gasteiger partial charge is 0.480 e. The quantitative estimate of drug-likeness (QED) is 0.279. The van der Waals surface area contributed by atoms with Crippen molar-refractivity contribution < 1.29 is 19.8 Å². The van der Waals surface area contributed by atoms with Crippen LogP contribution in [0, 0.1) is 0 Å². The summed E-state index contributed by atoms with van der Waals surface area (Å²) in [6.07, 6.45) is 0.344. The van der Waals surface area contributed by atoms with Crippen LogP contribution in [0.1, 0.15) is 19.3 Å². The fourth-order valence-electron chi connectivity index (χ4n) is 1.10. The lowest BCUT2D eigenvalue weighted by Gasteiger charge is -2.16. The summed E-state index contributed by atoms with van der Waals surface area (Å²) < 4.78 is 0. The minimum Gasteiger partial charge on any atom is -0.480 e. The molecule has 5 N–H and O–H groups in total. The molecule has 16 heavy (non-hydrogen) atoms. The van der Waals surface area contributed by atoms with E-state index in [-0.39, 0.29) is 5.75 Å². The van der Waals surface area contributed by atoms with Crippen LogP contribution in [-0.4, -0.2) is 46.5 Å². The van der Waals surface area contributed by atoms with E-state index in [0.29, 0.717) is 25.8 Å². The maximum atomic E-state index is 11.2. The fourth-order valence-corrected chi connectivity index (χ4v) is 1.27. The normalized spacial score (nSPS) is 14.2. The Balaban J connectivity index is 4.12. The van der Waals surface area contributed by atoms with Gasteiger partial charge in [-0.05, 0) is 25.8 Å². The number of nitrogens with one attached hydrogen (secondary N) is 1. The average Bonchev–Trinajstić information content (AvgIpc) is 2.26. The number of amides is 1. The van der Waals surface area contributed by atoms with Crippen molar-refractivity contribution in [3.05, 3.63) is 0 Å². The zero-order valence-corrected chi connectivity index (χ0v) is 9.82. The summed E-state index contributed by atoms with van der Waals surface area (Å²) in [5, 5.41) is 20.2. The van der Waals surface area contributed by atoms with Crippen molar-refractivity contribution >= 4 is 24.5 Å². The number of carbonyl (C=O) groups excluding carboxylic acids is 1. The van der Waals surface area contributed by atoms with Gasteiger partial charge in [-0.25, -0.2) is 4.79 Å². The van der Waals surface area contributed by atoms with Crippen molar-refractivity contribution in [3.63, 3.8) is 0 Å². The molecule has 0 saturated carbocycles. The number of aliphatic hydroxyl groups excluding tert-OH is 1. The van der Waals surface area contributed by atoms with Gasteiger partial charge in [-0.15, -0.1) is 0 Å². The number of aliphatic hydroxyl groups is 1. The summed E-state index contributed by atoms with van der Waals surface area (Å²) in [5.41, 5.74) is 5.28. The molecule has 0 fully saturated rings. The topological polar surface area (TPSA) is 113 Å². The third-order valence-corrected chi connectivity index (χ3v) is 2.38. The number of rotatable bonds is 8. The van der Waals surface area contributed by atoms with Gasteiger partial charge in [-0.1, -0.05) is 0 Å². The van der Waals surface area contributed by atoms with Gasteiger partial charge in [-0.3, -0.25) is 4.79 Å². The van der Waals surface area contributed by atoms with E-state index in [1.54, 1.807) is 0 Å². The molecule has 0 saturated heterocycles. The number of thiol groups is 1. The predicted molar refractivity (Wildman–Crippen MR) is 62.3 cm³/mol. The van der Waals surface area contributed by atoms with Gasteiger partial charge in [0.05, 0.1) is 0 Å². The maximum Gasteiger partial charge on any atom is 0.326 e. The first kappa shape index (κ1) is 15.2. The first-order valence-electron chi connectivity index (χ1n) is 5.05. The highest BCUT2D eigenvalue weighted by Crippen LogP contribution is 2.01. The third-order valence-electron chi connectivity index (χ3n) is 2.04. The minimum atomic E-state index is -1.28. The lowest BCUT2D eigenvalue weighted by molar-refractivity contribution is -0.143. The van der Waals surface area contributed by atoms with Gasteiger partial charge < -0.3 is 21.3 Å². The Bertz CT molecular complexity index is 238. The van der Waals surface area contributed by atoms with E-state index in [1.807, 2.05) is 0 Å². The molecule has 0 rings (SSSR count). The molecule has 0 bridgehead atoms. The number of carboxylic acid groups (broad SMARTS) is 1. The first-order valence-corrected chi connectivity index (χ1v) is 5.68. The third kappa shape index (κ3) is 5.94. The fraction of sp³-hybridized carbons (Fsp3) is 0.778. The summed E-state index contributed by atoms with van der Waals surface area (Å²) in [6.45, 7) is 0.486. The van der Waals surface area contributed by atoms with Gasteiger partial charge in [0.15, 0.2) is 0 Å². The second-order valence-corrected chi connectivity index (χ2v) is 3.75. The van der Waals surface area contributed by atoms with Crippen LogP contribution in [0.15, 0.2) is 0 Å². The maximum absolute atomic E-state index is 11.2. The van der Waals surface area contributed by atoms with E-state index in [1.165, 1.54) is 0 Å². The highest BCUT2D eigenvalue weighted by molar-refractivity contribution is 7.80. The van der Waals surface area contributed by atoms with E-state index >= 15 is 0 Å². The zero-order valence-electron chi connectivity index (χ0n) is 8.93. The van der Waals surface area contributed by atoms with Crippen LogP contribution < -0.4 is 11.1 Å². The Morgan fingerprint density at radius 2 is 2.00 bits per heavy atom. The van der Waals surface area contributed by atoms with Crippen LogP contribution >= 0.6 is 12.6 Å².